The van der Waals surface area contributed by atoms with Gasteiger partial charge in [0, 0.05) is 23.9 Å². The summed E-state index contributed by atoms with van der Waals surface area (Å²) in [5, 5.41) is 2.99. The predicted octanol–water partition coefficient (Wildman–Crippen LogP) is 3.95. The molecule has 16 heavy (non-hydrogen) atoms. The molecular weight excluding hydrogens is 215 g/mol. The fourth-order valence-electron chi connectivity index (χ4n) is 1.59. The number of hydrogen-bond acceptors (Lipinski definition) is 1. The van der Waals surface area contributed by atoms with E-state index in [1.54, 1.807) is 0 Å². The molecule has 0 amide bonds. The lowest BCUT2D eigenvalue weighted by Gasteiger charge is -2.22. The lowest BCUT2D eigenvalue weighted by atomic mass is 10.0. The second kappa shape index (κ2) is 5.23. The molecule has 0 bridgehead atoms. The highest BCUT2D eigenvalue weighted by atomic mass is 19.2. The van der Waals surface area contributed by atoms with Crippen molar-refractivity contribution >= 4 is 5.69 Å². The molecule has 0 saturated heterocycles. The van der Waals surface area contributed by atoms with Crippen LogP contribution < -0.4 is 5.32 Å². The van der Waals surface area contributed by atoms with Crippen LogP contribution >= 0.6 is 0 Å². The quantitative estimate of drug-likeness (QED) is 0.773. The van der Waals surface area contributed by atoms with Crippen molar-refractivity contribution in [3.8, 4) is 0 Å². The monoisotopic (exact) mass is 231 g/mol. The van der Waals surface area contributed by atoms with E-state index < -0.39 is 17.5 Å². The zero-order chi connectivity index (χ0) is 12.3. The molecule has 0 aliphatic carbocycles. The van der Waals surface area contributed by atoms with Crippen LogP contribution in [0.4, 0.5) is 18.9 Å². The first-order chi connectivity index (χ1) is 7.45. The van der Waals surface area contributed by atoms with Crippen molar-refractivity contribution < 1.29 is 13.2 Å². The molecular formula is C12H16F3N. The molecule has 0 heterocycles. The molecule has 1 unspecified atom stereocenters. The average molecular weight is 231 g/mol. The van der Waals surface area contributed by atoms with Crippen LogP contribution in [0.25, 0.3) is 0 Å². The SMILES string of the molecule is CCC(Nc1cc(F)c(F)c(F)c1)C(C)C. The van der Waals surface area contributed by atoms with E-state index in [4.69, 9.17) is 0 Å². The van der Waals surface area contributed by atoms with E-state index in [9.17, 15) is 13.2 Å². The summed E-state index contributed by atoms with van der Waals surface area (Å²) in [6.45, 7) is 6.00. The topological polar surface area (TPSA) is 12.0 Å². The number of halogens is 3. The molecule has 0 radical (unpaired) electrons. The summed E-state index contributed by atoms with van der Waals surface area (Å²) >= 11 is 0. The lowest BCUT2D eigenvalue weighted by molar-refractivity contribution is 0.446. The maximum absolute atomic E-state index is 12.9. The Morgan fingerprint density at radius 1 is 1.12 bits per heavy atom. The van der Waals surface area contributed by atoms with E-state index >= 15 is 0 Å². The molecule has 1 rings (SSSR count). The lowest BCUT2D eigenvalue weighted by Crippen LogP contribution is -2.24. The molecule has 90 valence electrons. The normalized spacial score (nSPS) is 12.9. The molecule has 1 nitrogen and oxygen atoms in total. The number of anilines is 1. The smallest absolute Gasteiger partial charge is 0.194 e. The van der Waals surface area contributed by atoms with Crippen LogP contribution in [-0.2, 0) is 0 Å². The Morgan fingerprint density at radius 2 is 1.62 bits per heavy atom. The van der Waals surface area contributed by atoms with Gasteiger partial charge in [0.05, 0.1) is 0 Å². The summed E-state index contributed by atoms with van der Waals surface area (Å²) in [6.07, 6.45) is 0.832. The van der Waals surface area contributed by atoms with Crippen molar-refractivity contribution in [1.29, 1.82) is 0 Å². The Bertz CT molecular complexity index is 340. The Hall–Kier alpha value is -1.19. The largest absolute Gasteiger partial charge is 0.382 e. The van der Waals surface area contributed by atoms with E-state index in [0.29, 0.717) is 5.92 Å². The molecule has 0 aliphatic rings. The van der Waals surface area contributed by atoms with Gasteiger partial charge in [0.25, 0.3) is 0 Å². The van der Waals surface area contributed by atoms with Crippen molar-refractivity contribution in [2.24, 2.45) is 5.92 Å². The van der Waals surface area contributed by atoms with Crippen LogP contribution in [-0.4, -0.2) is 6.04 Å². The summed E-state index contributed by atoms with van der Waals surface area (Å²) in [5.74, 6) is -3.42. The Balaban J connectivity index is 2.89. The molecule has 0 spiro atoms. The summed E-state index contributed by atoms with van der Waals surface area (Å²) in [7, 11) is 0. The maximum Gasteiger partial charge on any atom is 0.194 e. The maximum atomic E-state index is 12.9. The van der Waals surface area contributed by atoms with Crippen molar-refractivity contribution in [3.05, 3.63) is 29.6 Å². The number of nitrogens with one attached hydrogen (secondary N) is 1. The summed E-state index contributed by atoms with van der Waals surface area (Å²) < 4.78 is 38.6. The van der Waals surface area contributed by atoms with Gasteiger partial charge in [0.2, 0.25) is 0 Å². The molecule has 0 saturated carbocycles. The first-order valence-corrected chi connectivity index (χ1v) is 5.36. The van der Waals surface area contributed by atoms with E-state index in [1.165, 1.54) is 0 Å². The van der Waals surface area contributed by atoms with Crippen LogP contribution in [0.15, 0.2) is 12.1 Å². The fourth-order valence-corrected chi connectivity index (χ4v) is 1.59. The molecule has 0 fully saturated rings. The molecule has 0 aliphatic heterocycles. The minimum absolute atomic E-state index is 0.115. The van der Waals surface area contributed by atoms with Crippen LogP contribution in [0, 0.1) is 23.4 Å². The van der Waals surface area contributed by atoms with Crippen molar-refractivity contribution in [3.63, 3.8) is 0 Å². The van der Waals surface area contributed by atoms with Crippen molar-refractivity contribution in [2.75, 3.05) is 5.32 Å². The fraction of sp³-hybridized carbons (Fsp3) is 0.500. The standard InChI is InChI=1S/C12H16F3N/c1-4-11(7(2)3)16-8-5-9(13)12(15)10(14)6-8/h5-7,11,16H,4H2,1-3H3. The van der Waals surface area contributed by atoms with Gasteiger partial charge < -0.3 is 5.32 Å². The second-order valence-electron chi connectivity index (χ2n) is 4.16. The number of benzene rings is 1. The van der Waals surface area contributed by atoms with Crippen molar-refractivity contribution in [1.82, 2.24) is 0 Å². The Morgan fingerprint density at radius 3 is 2.00 bits per heavy atom. The first kappa shape index (κ1) is 12.9. The van der Waals surface area contributed by atoms with Gasteiger partial charge >= 0.3 is 0 Å². The summed E-state index contributed by atoms with van der Waals surface area (Å²) in [4.78, 5) is 0. The van der Waals surface area contributed by atoms with Crippen LogP contribution in [0.5, 0.6) is 0 Å². The highest BCUT2D eigenvalue weighted by Crippen LogP contribution is 2.20. The Kier molecular flexibility index (Phi) is 4.21. The van der Waals surface area contributed by atoms with Gasteiger partial charge in [0.15, 0.2) is 17.5 Å². The summed E-state index contributed by atoms with van der Waals surface area (Å²) in [5.41, 5.74) is 0.275. The number of hydrogen-bond donors (Lipinski definition) is 1. The van der Waals surface area contributed by atoms with Gasteiger partial charge in [-0.2, -0.15) is 0 Å². The van der Waals surface area contributed by atoms with E-state index in [2.05, 4.69) is 5.32 Å². The average Bonchev–Trinajstić information content (AvgIpc) is 2.21. The van der Waals surface area contributed by atoms with Gasteiger partial charge in [-0.25, -0.2) is 13.2 Å². The minimum atomic E-state index is -1.43. The van der Waals surface area contributed by atoms with E-state index in [1.807, 2.05) is 20.8 Å². The minimum Gasteiger partial charge on any atom is -0.382 e. The van der Waals surface area contributed by atoms with Gasteiger partial charge in [-0.3, -0.25) is 0 Å². The highest BCUT2D eigenvalue weighted by molar-refractivity contribution is 5.45. The molecule has 1 N–H and O–H groups in total. The number of rotatable bonds is 4. The van der Waals surface area contributed by atoms with Crippen LogP contribution in [0.3, 0.4) is 0 Å². The molecule has 4 heteroatoms. The Labute approximate surface area is 93.7 Å². The van der Waals surface area contributed by atoms with Gasteiger partial charge in [-0.1, -0.05) is 20.8 Å². The zero-order valence-electron chi connectivity index (χ0n) is 9.65. The van der Waals surface area contributed by atoms with Gasteiger partial charge in [0.1, 0.15) is 0 Å². The van der Waals surface area contributed by atoms with Gasteiger partial charge in [-0.05, 0) is 12.3 Å². The molecule has 1 aromatic carbocycles. The first-order valence-electron chi connectivity index (χ1n) is 5.36. The third-order valence-corrected chi connectivity index (χ3v) is 2.58. The van der Waals surface area contributed by atoms with E-state index in [-0.39, 0.29) is 11.7 Å². The molecule has 1 aromatic rings. The molecule has 1 atom stereocenters. The van der Waals surface area contributed by atoms with Crippen LogP contribution in [0.2, 0.25) is 0 Å². The van der Waals surface area contributed by atoms with E-state index in [0.717, 1.165) is 18.6 Å². The second-order valence-corrected chi connectivity index (χ2v) is 4.16. The third-order valence-electron chi connectivity index (χ3n) is 2.58. The third kappa shape index (κ3) is 2.90. The highest BCUT2D eigenvalue weighted by Gasteiger charge is 2.14. The van der Waals surface area contributed by atoms with Crippen LogP contribution in [0.1, 0.15) is 27.2 Å². The summed E-state index contributed by atoms with van der Waals surface area (Å²) in [6, 6.07) is 2.07. The van der Waals surface area contributed by atoms with Crippen molar-refractivity contribution in [2.45, 2.75) is 33.2 Å². The van der Waals surface area contributed by atoms with Gasteiger partial charge in [-0.15, -0.1) is 0 Å². The molecule has 0 aromatic heterocycles. The zero-order valence-corrected chi connectivity index (χ0v) is 9.65. The predicted molar refractivity (Wildman–Crippen MR) is 58.9 cm³/mol.